The van der Waals surface area contributed by atoms with Crippen molar-refractivity contribution >= 4 is 150 Å². The molecule has 79 heavy (non-hydrogen) atoms. The van der Waals surface area contributed by atoms with Gasteiger partial charge in [-0.3, -0.25) is 28.8 Å². The van der Waals surface area contributed by atoms with Gasteiger partial charge in [0.15, 0.2) is 18.3 Å². The number of nitrogen functional groups attached to an aromatic ring is 1. The molecule has 2 aromatic carbocycles. The molecule has 9 rings (SSSR count). The number of ether oxygens (including phenoxy) is 4. The van der Waals surface area contributed by atoms with Gasteiger partial charge in [0.1, 0.15) is 26.7 Å². The van der Waals surface area contributed by atoms with Crippen LogP contribution in [-0.2, 0) is 42.9 Å². The van der Waals surface area contributed by atoms with Crippen molar-refractivity contribution in [2.75, 3.05) is 101 Å². The third kappa shape index (κ3) is 22.5. The molecule has 10 N–H and O–H groups in total. The molecule has 0 aliphatic carbocycles. The van der Waals surface area contributed by atoms with Crippen LogP contribution in [-0.4, -0.2) is 180 Å². The van der Waals surface area contributed by atoms with Crippen molar-refractivity contribution < 1.29 is 113 Å². The molecule has 24 nitrogen and oxygen atoms in total. The summed E-state index contributed by atoms with van der Waals surface area (Å²) in [4.78, 5) is 98.4. The van der Waals surface area contributed by atoms with Gasteiger partial charge < -0.3 is 81.2 Å². The Kier molecular flexibility index (Phi) is 31.8. The first kappa shape index (κ1) is 70.2. The van der Waals surface area contributed by atoms with Crippen molar-refractivity contribution in [3.63, 3.8) is 0 Å². The summed E-state index contributed by atoms with van der Waals surface area (Å²) in [6.45, 7) is 2.51. The molecule has 0 radical (unpaired) electrons. The van der Waals surface area contributed by atoms with Crippen LogP contribution in [0.1, 0.15) is 29.0 Å². The molecule has 4 fully saturated rings. The number of benzene rings is 2. The Morgan fingerprint density at radius 2 is 1.08 bits per heavy atom. The summed E-state index contributed by atoms with van der Waals surface area (Å²) in [5.74, 6) is -3.22. The third-order valence-corrected chi connectivity index (χ3v) is 14.2. The topological polar surface area (TPSA) is 361 Å². The largest absolute Gasteiger partial charge is 1.00 e. The number of carboxylic acids is 2. The summed E-state index contributed by atoms with van der Waals surface area (Å²) in [6, 6.07) is 24.1. The predicted octanol–water partition coefficient (Wildman–Crippen LogP) is 1.73. The number of aliphatic carboxylic acids is 2. The van der Waals surface area contributed by atoms with Gasteiger partial charge in [-0.1, -0.05) is 34.8 Å². The second-order valence-electron chi connectivity index (χ2n) is 15.5. The summed E-state index contributed by atoms with van der Waals surface area (Å²) in [7, 11) is 1.00. The molecular weight excluding hydrogens is 1200 g/mol. The van der Waals surface area contributed by atoms with Crippen molar-refractivity contribution in [2.24, 2.45) is 5.73 Å². The summed E-state index contributed by atoms with van der Waals surface area (Å²) in [5, 5.41) is 34.1. The molecule has 3 aromatic heterocycles. The summed E-state index contributed by atoms with van der Waals surface area (Å²) < 4.78 is 22.2. The van der Waals surface area contributed by atoms with Crippen LogP contribution in [0.4, 0.5) is 22.7 Å². The molecule has 0 saturated carbocycles. The Bertz CT molecular complexity index is 2800. The Labute approximate surface area is 505 Å². The quantitative estimate of drug-likeness (QED) is 0.0595. The van der Waals surface area contributed by atoms with Gasteiger partial charge in [-0.15, -0.1) is 34.0 Å². The first-order valence-corrected chi connectivity index (χ1v) is 26.3. The van der Waals surface area contributed by atoms with E-state index in [0.29, 0.717) is 65.3 Å². The number of hydrogen-bond donors (Lipinski definition) is 7. The molecule has 0 bridgehead atoms. The van der Waals surface area contributed by atoms with Crippen LogP contribution in [0.3, 0.4) is 0 Å². The van der Waals surface area contributed by atoms with Gasteiger partial charge in [0, 0.05) is 49.5 Å². The average Bonchev–Trinajstić information content (AvgIpc) is 4.30. The molecule has 5 amide bonds. The van der Waals surface area contributed by atoms with Crippen LogP contribution in [0.15, 0.2) is 84.9 Å². The smallest absolute Gasteiger partial charge is 0.870 e. The first-order chi connectivity index (χ1) is 36.7. The van der Waals surface area contributed by atoms with Crippen LogP contribution in [0.25, 0.3) is 0 Å². The van der Waals surface area contributed by atoms with Gasteiger partial charge in [-0.2, -0.15) is 0 Å². The molecule has 5 aromatic rings. The van der Waals surface area contributed by atoms with Crippen LogP contribution < -0.4 is 56.1 Å². The van der Waals surface area contributed by atoms with Crippen molar-refractivity contribution in [2.45, 2.75) is 18.3 Å². The number of halogens is 4. The number of amides is 5. The molecule has 3 atom stereocenters. The number of nitrogens with zero attached hydrogens (tertiary/aromatic N) is 4. The summed E-state index contributed by atoms with van der Waals surface area (Å²) >= 11 is 25.8. The molecule has 32 heteroatoms. The van der Waals surface area contributed by atoms with Gasteiger partial charge >= 0.3 is 41.5 Å². The minimum absolute atomic E-state index is 0. The number of carbonyl (C=O) groups excluding carboxylic acids is 6. The average molecular weight is 1250 g/mol. The number of thiophene rings is 3. The summed E-state index contributed by atoms with van der Waals surface area (Å²) in [6.07, 6.45) is -3.09. The van der Waals surface area contributed by atoms with E-state index in [9.17, 15) is 38.4 Å². The molecule has 4 aliphatic rings. The zero-order valence-electron chi connectivity index (χ0n) is 41.9. The van der Waals surface area contributed by atoms with Gasteiger partial charge in [0.2, 0.25) is 0 Å². The second kappa shape index (κ2) is 35.8. The number of carbonyl (C=O) groups is 8. The maximum Gasteiger partial charge on any atom is 1.00 e. The minimum Gasteiger partial charge on any atom is -0.870 e. The fraction of sp³-hybridized carbons (Fsp3) is 0.319. The maximum absolute atomic E-state index is 12.5. The fourth-order valence-electron chi connectivity index (χ4n) is 6.44. The van der Waals surface area contributed by atoms with Gasteiger partial charge in [-0.05, 0) is 96.5 Å². The van der Waals surface area contributed by atoms with E-state index in [0.717, 1.165) is 29.8 Å². The van der Waals surface area contributed by atoms with E-state index in [4.69, 9.17) is 97.2 Å². The van der Waals surface area contributed by atoms with Gasteiger partial charge in [0.05, 0.1) is 53.9 Å². The Balaban J connectivity index is 0.000000364. The van der Waals surface area contributed by atoms with E-state index >= 15 is 0 Å². The molecule has 4 saturated heterocycles. The van der Waals surface area contributed by atoms with Crippen molar-refractivity contribution in [3.8, 4) is 0 Å². The van der Waals surface area contributed by atoms with E-state index in [1.54, 1.807) is 82.6 Å². The molecule has 424 valence electrons. The van der Waals surface area contributed by atoms with E-state index in [2.05, 4.69) is 5.32 Å². The van der Waals surface area contributed by atoms with E-state index < -0.39 is 35.5 Å². The van der Waals surface area contributed by atoms with E-state index in [1.165, 1.54) is 32.5 Å². The van der Waals surface area contributed by atoms with Crippen molar-refractivity contribution in [1.29, 1.82) is 0 Å². The number of nitrogens with two attached hydrogens (primary N) is 2. The van der Waals surface area contributed by atoms with Gasteiger partial charge in [0.25, 0.3) is 34.8 Å². The van der Waals surface area contributed by atoms with Crippen LogP contribution in [0.5, 0.6) is 0 Å². The van der Waals surface area contributed by atoms with Crippen LogP contribution in [0.2, 0.25) is 13.0 Å². The number of aliphatic hydroxyl groups is 2. The second-order valence-corrected chi connectivity index (χ2v) is 20.9. The van der Waals surface area contributed by atoms with Crippen molar-refractivity contribution in [3.05, 3.63) is 113 Å². The number of anilines is 4. The number of carboxylic acid groups (broad SMARTS) is 2. The Hall–Kier alpha value is -4.86. The normalized spacial score (nSPS) is 16.6. The third-order valence-electron chi connectivity index (χ3n) is 10.2. The monoisotopic (exact) mass is 1250 g/mol. The van der Waals surface area contributed by atoms with Crippen molar-refractivity contribution in [1.82, 2.24) is 9.80 Å². The van der Waals surface area contributed by atoms with Crippen LogP contribution >= 0.6 is 80.4 Å². The number of morpholine rings is 2. The number of aliphatic hydroxyl groups excluding tert-OH is 2. The molecule has 4 aliphatic heterocycles. The zero-order valence-corrected chi connectivity index (χ0v) is 49.4. The standard InChI is InChI=1S/C19H18ClN3O5S.C10H12N2O2.C9H8ClNO4S.C5H2Cl2OS.C3H7NO3.CH4O.Na.H2O/c20-16-6-5-15(29-16)19(26)22-9-14(28-11-22)18(25)21-12-1-3-13(4-2-12)23-7-8-27-10-17(23)24;11-8-1-3-9(4-2-8)12-5-6-14-7-10(12)13;10-7-2-1-6(16-7)8(12)11-3-5(9(13)14)15-4-11;6-4-2-1-3(9-4)5(7)8;4-1-2(5)3(6)7;1-2;;/h1-6,14H,7-11H2,(H,21,25);1-4H,5-7,11H2;1-2,5H,3-4H2,(H,13,14);1-2H;2,5H,1,4H2,(H,6,7);2H,1H3;;1H2/q;;;;;;+1;/p-1. The Morgan fingerprint density at radius 1 is 0.671 bits per heavy atom. The first-order valence-electron chi connectivity index (χ1n) is 22.3. The summed E-state index contributed by atoms with van der Waals surface area (Å²) in [5.41, 5.74) is 13.2. The van der Waals surface area contributed by atoms with Gasteiger partial charge in [-0.25, -0.2) is 9.59 Å². The SMILES string of the molecule is CO.NCC(O)C(=O)O.Nc1ccc(N2CCOCC2=O)cc1.O=C(Cl)c1ccc(Cl)s1.O=C(Nc1ccc(N2CCOCC2=O)cc1)C1CN(C(=O)c2ccc(Cl)s2)CO1.O=C(O)C1CN(C(=O)c2ccc(Cl)s2)CO1.[Na+].[OH-]. The zero-order chi connectivity index (χ0) is 56.8. The molecular formula is C47H52Cl4N7NaO17S3. The fourth-order valence-corrected chi connectivity index (χ4v) is 9.51. The minimum atomic E-state index is -1.40. The number of rotatable bonds is 10. The van der Waals surface area contributed by atoms with Crippen LogP contribution in [0, 0.1) is 0 Å². The van der Waals surface area contributed by atoms with E-state index in [-0.39, 0.29) is 111 Å². The maximum atomic E-state index is 12.5. The van der Waals surface area contributed by atoms with E-state index in [1.807, 2.05) is 12.1 Å². The molecule has 0 spiro atoms. The molecule has 3 unspecified atom stereocenters. The number of nitrogens with one attached hydrogen (secondary N) is 1. The Morgan fingerprint density at radius 3 is 1.41 bits per heavy atom. The predicted molar refractivity (Wildman–Crippen MR) is 292 cm³/mol. The molecule has 7 heterocycles. The number of hydrogen-bond acceptors (Lipinski definition) is 20.